The van der Waals surface area contributed by atoms with Crippen LogP contribution < -0.4 is 18.9 Å². The van der Waals surface area contributed by atoms with Crippen molar-refractivity contribution >= 4 is 63.4 Å². The van der Waals surface area contributed by atoms with Crippen LogP contribution in [-0.4, -0.2) is 101 Å². The number of aromatic hydroxyl groups is 1. The Morgan fingerprint density at radius 2 is 0.851 bits per heavy atom. The number of aliphatic hydroxyl groups is 2. The minimum atomic E-state index is -0.951. The highest BCUT2D eigenvalue weighted by molar-refractivity contribution is 9.10. The van der Waals surface area contributed by atoms with Gasteiger partial charge >= 0.3 is 14.4 Å². The number of hydrogen-bond donors (Lipinski definition) is 3. The van der Waals surface area contributed by atoms with E-state index in [2.05, 4.69) is 84.2 Å². The van der Waals surface area contributed by atoms with E-state index in [1.165, 1.54) is 18.5 Å². The van der Waals surface area contributed by atoms with Crippen molar-refractivity contribution in [3.63, 3.8) is 0 Å². The molecular formula is C75H88B2BrN6O10. The average molecular weight is 1340 g/mol. The Balaban J connectivity index is 0.000000155. The fourth-order valence-corrected chi connectivity index (χ4v) is 9.88. The topological polar surface area (TPSA) is 179 Å². The second kappa shape index (κ2) is 32.6. The average Bonchev–Trinajstić information content (AvgIpc) is 1.69. The van der Waals surface area contributed by atoms with E-state index in [-0.39, 0.29) is 23.6 Å². The predicted octanol–water partition coefficient (Wildman–Crippen LogP) is 16.4. The lowest BCUT2D eigenvalue weighted by Gasteiger charge is -2.37. The lowest BCUT2D eigenvalue weighted by molar-refractivity contribution is -0.0894. The van der Waals surface area contributed by atoms with Gasteiger partial charge in [-0.3, -0.25) is 13.7 Å². The van der Waals surface area contributed by atoms with Crippen LogP contribution in [0.2, 0.25) is 0 Å². The molecule has 1 fully saturated rings. The molecule has 0 saturated carbocycles. The van der Waals surface area contributed by atoms with Crippen LogP contribution in [0.3, 0.4) is 0 Å². The second-order valence-corrected chi connectivity index (χ2v) is 25.2. The molecule has 4 heterocycles. The van der Waals surface area contributed by atoms with Crippen molar-refractivity contribution in [3.8, 4) is 45.8 Å². The van der Waals surface area contributed by atoms with Crippen LogP contribution in [0.15, 0.2) is 199 Å². The lowest BCUT2D eigenvalue weighted by Crippen LogP contribution is -2.50. The van der Waals surface area contributed by atoms with E-state index in [1.807, 2.05) is 213 Å². The van der Waals surface area contributed by atoms with E-state index in [0.29, 0.717) is 26.4 Å². The molecule has 0 spiro atoms. The molecular weight excluding hydrogens is 1250 g/mol. The largest absolute Gasteiger partial charge is 0.508 e. The van der Waals surface area contributed by atoms with Crippen molar-refractivity contribution in [3.05, 3.63) is 222 Å². The number of imidazole rings is 3. The SMILES string of the molecule is CC(C)(O)C(C)(C)O[B]B1OC(C)(C)C(C)(C)O1.CCOc1ccc(-n2cnc3cc(Br)ccc32)cc1.CCOc1ccc(-n2cnc3cc(O)ccc32)cc1.CCOc1ccc(-n2cnc3cc(OCc4ccc(CC)cc4)ccc32)cc1.CCc1ccc(CO)cc1. The maximum Gasteiger partial charge on any atom is 0.439 e. The third-order valence-corrected chi connectivity index (χ3v) is 17.0. The lowest BCUT2D eigenvalue weighted by atomic mass is 9.55. The summed E-state index contributed by atoms with van der Waals surface area (Å²) in [6, 6.07) is 57.8. The van der Waals surface area contributed by atoms with Crippen LogP contribution in [0.1, 0.15) is 112 Å². The molecule has 0 atom stereocenters. The van der Waals surface area contributed by atoms with E-state index in [4.69, 9.17) is 38.0 Å². The van der Waals surface area contributed by atoms with Gasteiger partial charge in [0.05, 0.1) is 81.9 Å². The number of phenolic OH excluding ortho intramolecular Hbond substituents is 1. The van der Waals surface area contributed by atoms with Crippen molar-refractivity contribution in [2.75, 3.05) is 19.8 Å². The quantitative estimate of drug-likeness (QED) is 0.0652. The summed E-state index contributed by atoms with van der Waals surface area (Å²) in [6.45, 7) is 27.9. The van der Waals surface area contributed by atoms with Gasteiger partial charge in [-0.15, -0.1) is 0 Å². The first-order valence-corrected chi connectivity index (χ1v) is 32.7. The summed E-state index contributed by atoms with van der Waals surface area (Å²) in [7, 11) is 1.01. The first-order valence-electron chi connectivity index (χ1n) is 31.9. The van der Waals surface area contributed by atoms with Gasteiger partial charge < -0.3 is 48.2 Å². The Hall–Kier alpha value is -8.42. The number of aromatic nitrogens is 6. The number of rotatable bonds is 19. The summed E-state index contributed by atoms with van der Waals surface area (Å²) in [6.07, 6.45) is 7.54. The van der Waals surface area contributed by atoms with Crippen LogP contribution in [0.25, 0.3) is 50.2 Å². The molecule has 3 aromatic heterocycles. The van der Waals surface area contributed by atoms with Gasteiger partial charge in [-0.05, 0) is 227 Å². The van der Waals surface area contributed by atoms with Crippen molar-refractivity contribution in [2.45, 2.75) is 138 Å². The van der Waals surface area contributed by atoms with Crippen molar-refractivity contribution in [1.29, 1.82) is 0 Å². The minimum absolute atomic E-state index is 0.143. The molecule has 0 unspecified atom stereocenters. The molecule has 94 heavy (non-hydrogen) atoms. The first-order chi connectivity index (χ1) is 45.0. The Morgan fingerprint density at radius 3 is 1.26 bits per heavy atom. The molecule has 8 aromatic carbocycles. The predicted molar refractivity (Wildman–Crippen MR) is 381 cm³/mol. The highest BCUT2D eigenvalue weighted by atomic mass is 79.9. The number of nitrogens with zero attached hydrogens (tertiary/aromatic N) is 6. The maximum absolute atomic E-state index is 10.00. The zero-order valence-electron chi connectivity index (χ0n) is 56.3. The molecule has 1 aliphatic rings. The van der Waals surface area contributed by atoms with E-state index in [1.54, 1.807) is 32.3 Å². The summed E-state index contributed by atoms with van der Waals surface area (Å²) in [5.74, 6) is 3.67. The van der Waals surface area contributed by atoms with Gasteiger partial charge in [0.15, 0.2) is 0 Å². The first kappa shape index (κ1) is 71.4. The van der Waals surface area contributed by atoms with E-state index in [9.17, 15) is 10.2 Å². The van der Waals surface area contributed by atoms with Crippen LogP contribution in [-0.2, 0) is 40.0 Å². The van der Waals surface area contributed by atoms with Gasteiger partial charge in [0.2, 0.25) is 0 Å². The smallest absolute Gasteiger partial charge is 0.439 e. The van der Waals surface area contributed by atoms with Crippen LogP contribution in [0.5, 0.6) is 28.7 Å². The number of fused-ring (bicyclic) bond motifs is 3. The highest BCUT2D eigenvalue weighted by Crippen LogP contribution is 2.37. The second-order valence-electron chi connectivity index (χ2n) is 24.3. The monoisotopic (exact) mass is 1330 g/mol. The third-order valence-electron chi connectivity index (χ3n) is 16.5. The molecule has 0 bridgehead atoms. The molecule has 16 nitrogen and oxygen atoms in total. The van der Waals surface area contributed by atoms with Gasteiger partial charge in [0.25, 0.3) is 0 Å². The molecule has 1 saturated heterocycles. The van der Waals surface area contributed by atoms with Crippen LogP contribution in [0, 0.1) is 0 Å². The third kappa shape index (κ3) is 18.9. The molecule has 19 heteroatoms. The minimum Gasteiger partial charge on any atom is -0.508 e. The normalized spacial score (nSPS) is 13.1. The number of halogens is 1. The standard InChI is InChI=1S/C24H24N2O2.C15H13BrN2O.C15H14N2O2.C12H25B2O4.C9H12O/c1-3-18-5-7-19(8-6-18)16-28-22-13-14-24-23(15-22)25-17-26(24)20-9-11-21(12-10-20)27-4-2;1-2-19-13-6-4-12(5-7-13)18-10-17-14-9-11(16)3-8-15(14)18;1-2-19-13-6-3-11(4-7-13)17-10-16-14-9-12(18)5-8-15(14)17;1-9(2,15)10(3,4)16-13-14-17-11(5,6)12(7,8)18-14;1-2-8-3-5-9(7-10)6-4-8/h5-15,17H,3-4,16H2,1-2H3;3-10H,2H2,1H3;3-10,18H,2H2,1H3;15H,1-8H3;3-6,10H,2,7H2,1H3. The Labute approximate surface area is 563 Å². The molecule has 491 valence electrons. The molecule has 3 N–H and O–H groups in total. The maximum atomic E-state index is 10.00. The zero-order chi connectivity index (χ0) is 67.6. The zero-order valence-corrected chi connectivity index (χ0v) is 57.9. The van der Waals surface area contributed by atoms with E-state index >= 15 is 0 Å². The van der Waals surface area contributed by atoms with E-state index in [0.717, 1.165) is 102 Å². The number of ether oxygens (including phenoxy) is 4. The van der Waals surface area contributed by atoms with Crippen molar-refractivity contribution < 1.29 is 48.2 Å². The molecule has 11 aromatic rings. The number of benzene rings is 8. The highest BCUT2D eigenvalue weighted by Gasteiger charge is 2.52. The van der Waals surface area contributed by atoms with Crippen LogP contribution >= 0.6 is 15.9 Å². The number of hydrogen-bond acceptors (Lipinski definition) is 13. The number of aryl methyl sites for hydroxylation is 2. The van der Waals surface area contributed by atoms with Gasteiger partial charge in [0, 0.05) is 33.7 Å². The summed E-state index contributed by atoms with van der Waals surface area (Å²) in [4.78, 5) is 13.2. The van der Waals surface area contributed by atoms with Gasteiger partial charge in [0.1, 0.15) is 54.3 Å². The molecule has 1 aliphatic heterocycles. The summed E-state index contributed by atoms with van der Waals surface area (Å²) >= 11 is 3.46. The van der Waals surface area contributed by atoms with Crippen LogP contribution in [0.4, 0.5) is 0 Å². The fourth-order valence-electron chi connectivity index (χ4n) is 9.53. The summed E-state index contributed by atoms with van der Waals surface area (Å²) in [5.41, 5.74) is 11.3. The molecule has 0 amide bonds. The van der Waals surface area contributed by atoms with Gasteiger partial charge in [-0.2, -0.15) is 0 Å². The Morgan fingerprint density at radius 1 is 0.479 bits per heavy atom. The number of aliphatic hydroxyl groups excluding tert-OH is 1. The summed E-state index contributed by atoms with van der Waals surface area (Å²) < 4.78 is 46.7. The summed E-state index contributed by atoms with van der Waals surface area (Å²) in [5, 5.41) is 28.1. The number of phenols is 1. The van der Waals surface area contributed by atoms with E-state index < -0.39 is 18.2 Å². The van der Waals surface area contributed by atoms with Gasteiger partial charge in [-0.1, -0.05) is 78.3 Å². The fraction of sp³-hybridized carbons (Fsp3) is 0.320. The van der Waals surface area contributed by atoms with Gasteiger partial charge in [-0.25, -0.2) is 15.0 Å². The molecule has 1 radical (unpaired) electrons. The Bertz CT molecular complexity index is 3970. The van der Waals surface area contributed by atoms with Crippen molar-refractivity contribution in [1.82, 2.24) is 28.7 Å². The van der Waals surface area contributed by atoms with Crippen molar-refractivity contribution in [2.24, 2.45) is 0 Å². The molecule has 12 rings (SSSR count). The Kier molecular flexibility index (Phi) is 24.8. The molecule has 0 aliphatic carbocycles.